The molecule has 0 amide bonds. The van der Waals surface area contributed by atoms with Crippen molar-refractivity contribution in [1.29, 1.82) is 0 Å². The van der Waals surface area contributed by atoms with Crippen LogP contribution in [0.2, 0.25) is 0 Å². The molecule has 1 N–H and O–H groups in total. The Labute approximate surface area is 233 Å². The lowest BCUT2D eigenvalue weighted by Gasteiger charge is -2.26. The molecular formula is C31H37F3N2O2S. The maximum atomic E-state index is 13.4. The van der Waals surface area contributed by atoms with Gasteiger partial charge in [-0.25, -0.2) is 0 Å². The molecule has 0 fully saturated rings. The molecule has 0 aliphatic carbocycles. The zero-order valence-electron chi connectivity index (χ0n) is 23.0. The Balaban J connectivity index is 1.66. The van der Waals surface area contributed by atoms with Gasteiger partial charge in [-0.05, 0) is 78.4 Å². The van der Waals surface area contributed by atoms with Crippen LogP contribution in [0.5, 0.6) is 0 Å². The van der Waals surface area contributed by atoms with Gasteiger partial charge in [0.1, 0.15) is 5.94 Å². The molecule has 3 aromatic rings. The Morgan fingerprint density at radius 3 is 2.23 bits per heavy atom. The minimum Gasteiger partial charge on any atom is -0.456 e. The fourth-order valence-corrected chi connectivity index (χ4v) is 4.86. The summed E-state index contributed by atoms with van der Waals surface area (Å²) in [4.78, 5) is 13.4. The summed E-state index contributed by atoms with van der Waals surface area (Å²) >= 11 is 1.39. The van der Waals surface area contributed by atoms with Gasteiger partial charge in [0.15, 0.2) is 0 Å². The number of aryl methyl sites for hydroxylation is 1. The number of carbonyl (C=O) groups excluding carboxylic acids is 1. The number of anilines is 1. The number of ether oxygens (including phenoxy) is 1. The van der Waals surface area contributed by atoms with Crippen LogP contribution in [-0.2, 0) is 34.2 Å². The highest BCUT2D eigenvalue weighted by molar-refractivity contribution is 7.99. The summed E-state index contributed by atoms with van der Waals surface area (Å²) in [5, 5.41) is 3.49. The number of alkyl halides is 3. The maximum Gasteiger partial charge on any atom is 0.416 e. The molecule has 39 heavy (non-hydrogen) atoms. The number of benzene rings is 3. The van der Waals surface area contributed by atoms with Gasteiger partial charge in [-0.1, -0.05) is 68.4 Å². The molecule has 0 unspecified atom stereocenters. The van der Waals surface area contributed by atoms with E-state index in [1.165, 1.54) is 35.0 Å². The summed E-state index contributed by atoms with van der Waals surface area (Å²) in [6.07, 6.45) is -3.56. The summed E-state index contributed by atoms with van der Waals surface area (Å²) in [5.41, 5.74) is 4.13. The van der Waals surface area contributed by atoms with E-state index in [9.17, 15) is 18.0 Å². The van der Waals surface area contributed by atoms with Gasteiger partial charge in [0.25, 0.3) is 6.47 Å². The zero-order chi connectivity index (χ0) is 28.5. The van der Waals surface area contributed by atoms with Crippen molar-refractivity contribution in [3.8, 4) is 0 Å². The number of nitrogens with zero attached hydrogens (tertiary/aromatic N) is 1. The van der Waals surface area contributed by atoms with E-state index >= 15 is 0 Å². The number of hydrogen-bond acceptors (Lipinski definition) is 5. The topological polar surface area (TPSA) is 41.6 Å². The second-order valence-corrected chi connectivity index (χ2v) is 11.6. The van der Waals surface area contributed by atoms with E-state index in [2.05, 4.69) is 55.3 Å². The van der Waals surface area contributed by atoms with E-state index in [0.29, 0.717) is 30.7 Å². The van der Waals surface area contributed by atoms with Crippen LogP contribution in [-0.4, -0.2) is 25.5 Å². The SMILES string of the molecule is Cc1cc(CN(CCCNCc2ccc(C(C)(C)C)cc2)c2ccc(SCOC=O)cc2)cc(C(F)(F)F)c1. The monoisotopic (exact) mass is 558 g/mol. The molecule has 4 nitrogen and oxygen atoms in total. The van der Waals surface area contributed by atoms with E-state index in [0.717, 1.165) is 30.1 Å². The van der Waals surface area contributed by atoms with Crippen molar-refractivity contribution in [2.45, 2.75) is 63.7 Å². The van der Waals surface area contributed by atoms with Crippen LogP contribution in [0.15, 0.2) is 71.6 Å². The molecule has 0 aliphatic heterocycles. The molecular weight excluding hydrogens is 521 g/mol. The van der Waals surface area contributed by atoms with Gasteiger partial charge in [-0.2, -0.15) is 13.2 Å². The number of rotatable bonds is 13. The molecule has 0 aromatic heterocycles. The molecule has 210 valence electrons. The lowest BCUT2D eigenvalue weighted by Crippen LogP contribution is -2.27. The number of hydrogen-bond donors (Lipinski definition) is 1. The van der Waals surface area contributed by atoms with Crippen molar-refractivity contribution in [2.75, 3.05) is 23.9 Å². The highest BCUT2D eigenvalue weighted by atomic mass is 32.2. The molecule has 0 saturated carbocycles. The molecule has 8 heteroatoms. The summed E-state index contributed by atoms with van der Waals surface area (Å²) in [7, 11) is 0. The minimum atomic E-state index is -4.39. The Morgan fingerprint density at radius 2 is 1.62 bits per heavy atom. The summed E-state index contributed by atoms with van der Waals surface area (Å²) in [5.74, 6) is 0.223. The number of halogens is 3. The van der Waals surface area contributed by atoms with Crippen molar-refractivity contribution < 1.29 is 22.7 Å². The van der Waals surface area contributed by atoms with Gasteiger partial charge in [-0.15, -0.1) is 0 Å². The molecule has 0 saturated heterocycles. The van der Waals surface area contributed by atoms with E-state index in [1.807, 2.05) is 30.3 Å². The molecule has 0 atom stereocenters. The van der Waals surface area contributed by atoms with Crippen molar-refractivity contribution in [3.63, 3.8) is 0 Å². The van der Waals surface area contributed by atoms with Gasteiger partial charge in [0.05, 0.1) is 5.56 Å². The molecule has 0 heterocycles. The smallest absolute Gasteiger partial charge is 0.416 e. The predicted molar refractivity (Wildman–Crippen MR) is 153 cm³/mol. The molecule has 0 aliphatic rings. The van der Waals surface area contributed by atoms with E-state index < -0.39 is 11.7 Å². The molecule has 3 rings (SSSR count). The van der Waals surface area contributed by atoms with Crippen LogP contribution >= 0.6 is 11.8 Å². The van der Waals surface area contributed by atoms with Gasteiger partial charge in [-0.3, -0.25) is 4.79 Å². The molecule has 0 spiro atoms. The van der Waals surface area contributed by atoms with Crippen molar-refractivity contribution in [1.82, 2.24) is 5.32 Å². The predicted octanol–water partition coefficient (Wildman–Crippen LogP) is 7.72. The Kier molecular flexibility index (Phi) is 10.9. The Hall–Kier alpha value is -2.97. The van der Waals surface area contributed by atoms with E-state index in [-0.39, 0.29) is 11.4 Å². The quantitative estimate of drug-likeness (QED) is 0.101. The maximum absolute atomic E-state index is 13.4. The normalized spacial score (nSPS) is 11.9. The molecule has 0 bridgehead atoms. The van der Waals surface area contributed by atoms with Crippen molar-refractivity contribution in [3.05, 3.63) is 94.5 Å². The van der Waals surface area contributed by atoms with Gasteiger partial charge in [0.2, 0.25) is 0 Å². The van der Waals surface area contributed by atoms with E-state index in [1.54, 1.807) is 6.92 Å². The standard InChI is InChI=1S/C31H37F3N2O2S/c1-23-16-25(18-27(17-23)31(32,33)34)20-36(28-10-12-29(13-11-28)39-22-38-21-37)15-5-14-35-19-24-6-8-26(9-7-24)30(2,3)4/h6-13,16-18,21,35H,5,14-15,19-20,22H2,1-4H3. The van der Waals surface area contributed by atoms with Crippen LogP contribution in [0.25, 0.3) is 0 Å². The largest absolute Gasteiger partial charge is 0.456 e. The molecule has 0 radical (unpaired) electrons. The first-order valence-electron chi connectivity index (χ1n) is 13.0. The number of nitrogens with one attached hydrogen (secondary N) is 1. The number of thioether (sulfide) groups is 1. The highest BCUT2D eigenvalue weighted by Gasteiger charge is 2.31. The fourth-order valence-electron chi connectivity index (χ4n) is 4.27. The first-order valence-corrected chi connectivity index (χ1v) is 14.0. The second kappa shape index (κ2) is 13.9. The molecule has 3 aromatic carbocycles. The van der Waals surface area contributed by atoms with Gasteiger partial charge in [0, 0.05) is 30.2 Å². The average molecular weight is 559 g/mol. The average Bonchev–Trinajstić information content (AvgIpc) is 2.87. The van der Waals surface area contributed by atoms with Crippen LogP contribution in [0.1, 0.15) is 55.0 Å². The highest BCUT2D eigenvalue weighted by Crippen LogP contribution is 2.31. The van der Waals surface area contributed by atoms with Gasteiger partial charge >= 0.3 is 6.18 Å². The van der Waals surface area contributed by atoms with Crippen LogP contribution in [0.3, 0.4) is 0 Å². The summed E-state index contributed by atoms with van der Waals surface area (Å²) < 4.78 is 45.0. The first kappa shape index (κ1) is 30.6. The summed E-state index contributed by atoms with van der Waals surface area (Å²) in [6, 6.07) is 20.6. The third-order valence-electron chi connectivity index (χ3n) is 6.33. The lowest BCUT2D eigenvalue weighted by molar-refractivity contribution is -0.137. The van der Waals surface area contributed by atoms with Crippen LogP contribution in [0.4, 0.5) is 18.9 Å². The van der Waals surface area contributed by atoms with Crippen molar-refractivity contribution >= 4 is 23.9 Å². The minimum absolute atomic E-state index is 0.119. The van der Waals surface area contributed by atoms with E-state index in [4.69, 9.17) is 4.74 Å². The second-order valence-electron chi connectivity index (χ2n) is 10.6. The first-order chi connectivity index (χ1) is 18.5. The lowest BCUT2D eigenvalue weighted by atomic mass is 9.87. The number of carbonyl (C=O) groups is 1. The zero-order valence-corrected chi connectivity index (χ0v) is 23.8. The fraction of sp³-hybridized carbons (Fsp3) is 0.387. The van der Waals surface area contributed by atoms with Gasteiger partial charge < -0.3 is 15.0 Å². The summed E-state index contributed by atoms with van der Waals surface area (Å²) in [6.45, 7) is 11.3. The third kappa shape index (κ3) is 9.93. The van der Waals surface area contributed by atoms with Crippen LogP contribution < -0.4 is 10.2 Å². The van der Waals surface area contributed by atoms with Crippen molar-refractivity contribution in [2.24, 2.45) is 0 Å². The Morgan fingerprint density at radius 1 is 0.923 bits per heavy atom. The third-order valence-corrected chi connectivity index (χ3v) is 7.19. The Bertz CT molecular complexity index is 1190. The van der Waals surface area contributed by atoms with Crippen LogP contribution in [0, 0.1) is 6.92 Å².